The zero-order chi connectivity index (χ0) is 24.8. The fraction of sp³-hybridized carbons (Fsp3) is 0.222. The van der Waals surface area contributed by atoms with Gasteiger partial charge in [0.25, 0.3) is 0 Å². The molecule has 0 saturated heterocycles. The highest BCUT2D eigenvalue weighted by Crippen LogP contribution is 2.27. The highest BCUT2D eigenvalue weighted by Gasteiger charge is 2.21. The smallest absolute Gasteiger partial charge is 0.324 e. The van der Waals surface area contributed by atoms with Crippen molar-refractivity contribution >= 4 is 30.2 Å². The maximum atomic E-state index is 12.8. The van der Waals surface area contributed by atoms with Crippen LogP contribution in [0.15, 0.2) is 84.0 Å². The van der Waals surface area contributed by atoms with E-state index in [4.69, 9.17) is 9.84 Å². The van der Waals surface area contributed by atoms with Crippen molar-refractivity contribution in [2.24, 2.45) is 0 Å². The lowest BCUT2D eigenvalue weighted by atomic mass is 9.92. The maximum absolute atomic E-state index is 12.8. The SMILES string of the molecule is CC(C)(C)c1cc(NC(=O)Nc2ccc(OCCc3cccnc3)cc2)n(-c2ccc(S)cc2)n1. The van der Waals surface area contributed by atoms with Crippen LogP contribution in [0.2, 0.25) is 0 Å². The summed E-state index contributed by atoms with van der Waals surface area (Å²) in [4.78, 5) is 17.7. The molecule has 8 heteroatoms. The number of carbonyl (C=O) groups is 1. The molecule has 0 aliphatic rings. The number of urea groups is 1. The average Bonchev–Trinajstić information content (AvgIpc) is 3.25. The van der Waals surface area contributed by atoms with E-state index in [-0.39, 0.29) is 11.4 Å². The van der Waals surface area contributed by atoms with Crippen molar-refractivity contribution < 1.29 is 9.53 Å². The minimum atomic E-state index is -0.359. The number of amides is 2. The van der Waals surface area contributed by atoms with E-state index in [1.165, 1.54) is 0 Å². The fourth-order valence-electron chi connectivity index (χ4n) is 3.37. The number of aromatic nitrogens is 3. The Balaban J connectivity index is 1.39. The van der Waals surface area contributed by atoms with E-state index in [9.17, 15) is 4.79 Å². The van der Waals surface area contributed by atoms with Crippen LogP contribution < -0.4 is 15.4 Å². The summed E-state index contributed by atoms with van der Waals surface area (Å²) in [7, 11) is 0. The molecule has 2 heterocycles. The Morgan fingerprint density at radius 1 is 1.03 bits per heavy atom. The summed E-state index contributed by atoms with van der Waals surface area (Å²) in [5, 5.41) is 10.5. The lowest BCUT2D eigenvalue weighted by molar-refractivity contribution is 0.262. The van der Waals surface area contributed by atoms with Crippen LogP contribution in [0.4, 0.5) is 16.3 Å². The molecule has 35 heavy (non-hydrogen) atoms. The third-order valence-corrected chi connectivity index (χ3v) is 5.61. The van der Waals surface area contributed by atoms with Crippen LogP contribution in [0.25, 0.3) is 5.69 Å². The molecule has 2 aromatic carbocycles. The van der Waals surface area contributed by atoms with Crippen LogP contribution in [-0.4, -0.2) is 27.4 Å². The first-order valence-electron chi connectivity index (χ1n) is 11.4. The van der Waals surface area contributed by atoms with Crippen molar-refractivity contribution in [3.63, 3.8) is 0 Å². The second-order valence-electron chi connectivity index (χ2n) is 9.16. The minimum absolute atomic E-state index is 0.172. The molecule has 0 aliphatic carbocycles. The number of carbonyl (C=O) groups excluding carboxylic acids is 1. The van der Waals surface area contributed by atoms with E-state index in [2.05, 4.69) is 49.0 Å². The van der Waals surface area contributed by atoms with Gasteiger partial charge >= 0.3 is 6.03 Å². The number of rotatable bonds is 7. The van der Waals surface area contributed by atoms with E-state index in [0.29, 0.717) is 18.1 Å². The van der Waals surface area contributed by atoms with Crippen LogP contribution in [0.5, 0.6) is 5.75 Å². The van der Waals surface area contributed by atoms with Gasteiger partial charge in [0.2, 0.25) is 0 Å². The molecule has 0 saturated carbocycles. The lowest BCUT2D eigenvalue weighted by Crippen LogP contribution is -2.21. The van der Waals surface area contributed by atoms with Crippen LogP contribution >= 0.6 is 12.6 Å². The molecule has 0 radical (unpaired) electrons. The number of pyridine rings is 1. The van der Waals surface area contributed by atoms with Gasteiger partial charge in [-0.3, -0.25) is 10.3 Å². The third kappa shape index (κ3) is 6.64. The first-order chi connectivity index (χ1) is 16.8. The number of thiol groups is 1. The van der Waals surface area contributed by atoms with Gasteiger partial charge in [0.15, 0.2) is 0 Å². The molecular weight excluding hydrogens is 458 g/mol. The zero-order valence-corrected chi connectivity index (χ0v) is 20.9. The van der Waals surface area contributed by atoms with Gasteiger partial charge in [-0.15, -0.1) is 12.6 Å². The number of benzene rings is 2. The van der Waals surface area contributed by atoms with Crippen molar-refractivity contribution in [3.05, 3.63) is 90.4 Å². The Labute approximate surface area is 211 Å². The Morgan fingerprint density at radius 3 is 2.43 bits per heavy atom. The van der Waals surface area contributed by atoms with Crippen LogP contribution in [0.3, 0.4) is 0 Å². The quantitative estimate of drug-likeness (QED) is 0.274. The fourth-order valence-corrected chi connectivity index (χ4v) is 3.52. The Bertz CT molecular complexity index is 1260. The molecule has 4 aromatic rings. The summed E-state index contributed by atoms with van der Waals surface area (Å²) in [6, 6.07) is 20.4. The molecule has 180 valence electrons. The van der Waals surface area contributed by atoms with Crippen molar-refractivity contribution in [2.45, 2.75) is 37.5 Å². The number of nitrogens with one attached hydrogen (secondary N) is 2. The van der Waals surface area contributed by atoms with Crippen molar-refractivity contribution in [1.82, 2.24) is 14.8 Å². The third-order valence-electron chi connectivity index (χ3n) is 5.31. The van der Waals surface area contributed by atoms with Gasteiger partial charge in [-0.25, -0.2) is 9.48 Å². The van der Waals surface area contributed by atoms with Crippen molar-refractivity contribution in [2.75, 3.05) is 17.2 Å². The van der Waals surface area contributed by atoms with E-state index < -0.39 is 0 Å². The van der Waals surface area contributed by atoms with Gasteiger partial charge in [-0.1, -0.05) is 26.8 Å². The summed E-state index contributed by atoms with van der Waals surface area (Å²) in [6.45, 7) is 6.80. The minimum Gasteiger partial charge on any atom is -0.493 e. The molecule has 4 rings (SSSR count). The van der Waals surface area contributed by atoms with Gasteiger partial charge in [-0.05, 0) is 60.2 Å². The van der Waals surface area contributed by atoms with Gasteiger partial charge in [0.1, 0.15) is 11.6 Å². The summed E-state index contributed by atoms with van der Waals surface area (Å²) >= 11 is 4.35. The van der Waals surface area contributed by atoms with Gasteiger partial charge in [0.05, 0.1) is 18.0 Å². The Morgan fingerprint density at radius 2 is 1.77 bits per heavy atom. The van der Waals surface area contributed by atoms with E-state index in [1.807, 2.05) is 72.9 Å². The molecule has 0 fully saturated rings. The van der Waals surface area contributed by atoms with E-state index in [1.54, 1.807) is 10.9 Å². The van der Waals surface area contributed by atoms with Gasteiger partial charge < -0.3 is 10.1 Å². The highest BCUT2D eigenvalue weighted by molar-refractivity contribution is 7.80. The van der Waals surface area contributed by atoms with Crippen LogP contribution in [0, 0.1) is 0 Å². The summed E-state index contributed by atoms with van der Waals surface area (Å²) in [5.41, 5.74) is 3.31. The molecule has 0 unspecified atom stereocenters. The number of hydrogen-bond donors (Lipinski definition) is 3. The molecule has 2 aromatic heterocycles. The zero-order valence-electron chi connectivity index (χ0n) is 20.0. The molecule has 2 amide bonds. The topological polar surface area (TPSA) is 81.1 Å². The second kappa shape index (κ2) is 10.7. The molecule has 0 bridgehead atoms. The first-order valence-corrected chi connectivity index (χ1v) is 11.8. The number of nitrogens with zero attached hydrogens (tertiary/aromatic N) is 3. The molecule has 0 aliphatic heterocycles. The molecule has 0 atom stereocenters. The largest absolute Gasteiger partial charge is 0.493 e. The Kier molecular flexibility index (Phi) is 7.41. The van der Waals surface area contributed by atoms with Crippen LogP contribution in [-0.2, 0) is 11.8 Å². The van der Waals surface area contributed by atoms with Crippen molar-refractivity contribution in [3.8, 4) is 11.4 Å². The summed E-state index contributed by atoms with van der Waals surface area (Å²) < 4.78 is 7.53. The predicted molar refractivity (Wildman–Crippen MR) is 142 cm³/mol. The Hall–Kier alpha value is -3.78. The molecule has 0 spiro atoms. The molecular formula is C27H29N5O2S. The molecule has 2 N–H and O–H groups in total. The second-order valence-corrected chi connectivity index (χ2v) is 9.67. The predicted octanol–water partition coefficient (Wildman–Crippen LogP) is 6.12. The number of ether oxygens (including phenoxy) is 1. The molecule has 7 nitrogen and oxygen atoms in total. The van der Waals surface area contributed by atoms with E-state index in [0.717, 1.165) is 34.0 Å². The van der Waals surface area contributed by atoms with Gasteiger partial charge in [-0.2, -0.15) is 5.10 Å². The normalized spacial score (nSPS) is 11.2. The van der Waals surface area contributed by atoms with E-state index >= 15 is 0 Å². The van der Waals surface area contributed by atoms with Crippen LogP contribution in [0.1, 0.15) is 32.0 Å². The maximum Gasteiger partial charge on any atom is 0.324 e. The lowest BCUT2D eigenvalue weighted by Gasteiger charge is -2.14. The summed E-state index contributed by atoms with van der Waals surface area (Å²) in [5.74, 6) is 1.31. The first kappa shape index (κ1) is 24.3. The number of anilines is 2. The van der Waals surface area contributed by atoms with Crippen molar-refractivity contribution in [1.29, 1.82) is 0 Å². The average molecular weight is 488 g/mol. The standard InChI is InChI=1S/C27H29N5O2S/c1-27(2,3)24-17-25(32(31-24)21-8-12-23(35)13-9-21)30-26(33)29-20-6-10-22(11-7-20)34-16-14-19-5-4-15-28-18-19/h4-13,15,17-18,35H,14,16H2,1-3H3,(H2,29,30,33). The summed E-state index contributed by atoms with van der Waals surface area (Å²) in [6.07, 6.45) is 4.36. The number of hydrogen-bond acceptors (Lipinski definition) is 5. The highest BCUT2D eigenvalue weighted by atomic mass is 32.1. The van der Waals surface area contributed by atoms with Gasteiger partial charge in [0, 0.05) is 40.9 Å². The monoisotopic (exact) mass is 487 g/mol.